The summed E-state index contributed by atoms with van der Waals surface area (Å²) in [4.78, 5) is 5.00. The Hall–Kier alpha value is -1.66. The smallest absolute Gasteiger partial charge is 0.142 e. The van der Waals surface area contributed by atoms with E-state index in [9.17, 15) is 9.50 Å². The highest BCUT2D eigenvalue weighted by Crippen LogP contribution is 2.43. The second-order valence-electron chi connectivity index (χ2n) is 7.73. The zero-order valence-corrected chi connectivity index (χ0v) is 18.5. The van der Waals surface area contributed by atoms with Gasteiger partial charge in [-0.25, -0.2) is 9.38 Å². The first-order chi connectivity index (χ1) is 14.1. The van der Waals surface area contributed by atoms with E-state index >= 15 is 0 Å². The van der Waals surface area contributed by atoms with Crippen LogP contribution in [-0.2, 0) is 6.54 Å². The molecule has 0 saturated heterocycles. The fourth-order valence-corrected chi connectivity index (χ4v) is 4.90. The summed E-state index contributed by atoms with van der Waals surface area (Å²) in [6.07, 6.45) is 5.62. The largest absolute Gasteiger partial charge is 0.396 e. The van der Waals surface area contributed by atoms with Crippen molar-refractivity contribution in [3.8, 4) is 0 Å². The van der Waals surface area contributed by atoms with Crippen molar-refractivity contribution in [1.29, 1.82) is 0 Å². The molecule has 2 aromatic rings. The molecule has 0 aliphatic heterocycles. The molecule has 1 aliphatic carbocycles. The first-order valence-electron chi connectivity index (χ1n) is 10.7. The summed E-state index contributed by atoms with van der Waals surface area (Å²) in [5.41, 5.74) is 3.38. The van der Waals surface area contributed by atoms with E-state index in [2.05, 4.69) is 30.2 Å². The van der Waals surface area contributed by atoms with Gasteiger partial charge in [0.05, 0.1) is 17.9 Å². The lowest BCUT2D eigenvalue weighted by Crippen LogP contribution is -2.03. The van der Waals surface area contributed by atoms with Crippen LogP contribution in [0.1, 0.15) is 75.4 Å². The molecule has 1 aromatic heterocycles. The lowest BCUT2D eigenvalue weighted by molar-refractivity contribution is 0.323. The van der Waals surface area contributed by atoms with E-state index in [0.717, 1.165) is 22.2 Å². The van der Waals surface area contributed by atoms with E-state index in [-0.39, 0.29) is 6.61 Å². The van der Waals surface area contributed by atoms with Gasteiger partial charge in [0.2, 0.25) is 0 Å². The van der Waals surface area contributed by atoms with Gasteiger partial charge >= 0.3 is 0 Å². The Morgan fingerprint density at radius 2 is 2.14 bits per heavy atom. The fourth-order valence-electron chi connectivity index (χ4n) is 4.14. The summed E-state index contributed by atoms with van der Waals surface area (Å²) in [5.74, 6) is 1.84. The average Bonchev–Trinajstić information content (AvgIpc) is 3.38. The molecule has 3 unspecified atom stereocenters. The summed E-state index contributed by atoms with van der Waals surface area (Å²) in [5, 5.41) is 14.5. The first kappa shape index (κ1) is 22.0. The summed E-state index contributed by atoms with van der Waals surface area (Å²) in [6.45, 7) is 6.49. The quantitative estimate of drug-likeness (QED) is 0.421. The lowest BCUT2D eigenvalue weighted by atomic mass is 9.94. The summed E-state index contributed by atoms with van der Waals surface area (Å²) in [6, 6.07) is 8.33. The highest BCUT2D eigenvalue weighted by atomic mass is 32.2. The van der Waals surface area contributed by atoms with Gasteiger partial charge in [-0.1, -0.05) is 31.5 Å². The molecule has 1 N–H and O–H groups in total. The van der Waals surface area contributed by atoms with E-state index in [4.69, 9.17) is 4.99 Å². The number of para-hydroxylation sites is 1. The van der Waals surface area contributed by atoms with Gasteiger partial charge in [-0.15, -0.1) is 11.8 Å². The number of benzene rings is 1. The van der Waals surface area contributed by atoms with Crippen LogP contribution in [0.15, 0.2) is 35.5 Å². The molecule has 4 nitrogen and oxygen atoms in total. The van der Waals surface area contributed by atoms with E-state index in [1.807, 2.05) is 19.2 Å². The molecule has 1 aliphatic rings. The number of aliphatic hydroxyl groups excluding tert-OH is 1. The molecular weight excluding hydrogens is 385 g/mol. The number of aromatic nitrogens is 2. The van der Waals surface area contributed by atoms with Crippen molar-refractivity contribution in [2.24, 2.45) is 10.9 Å². The number of aryl methyl sites for hydroxylation is 1. The van der Waals surface area contributed by atoms with E-state index in [1.165, 1.54) is 49.9 Å². The predicted octanol–water partition coefficient (Wildman–Crippen LogP) is 6.03. The van der Waals surface area contributed by atoms with Crippen molar-refractivity contribution < 1.29 is 9.50 Å². The van der Waals surface area contributed by atoms with Crippen molar-refractivity contribution >= 4 is 22.5 Å². The van der Waals surface area contributed by atoms with Gasteiger partial charge in [-0.2, -0.15) is 5.10 Å². The van der Waals surface area contributed by atoms with Crippen LogP contribution in [0, 0.1) is 5.92 Å². The van der Waals surface area contributed by atoms with Crippen molar-refractivity contribution in [1.82, 2.24) is 9.78 Å². The third-order valence-electron chi connectivity index (χ3n) is 5.77. The van der Waals surface area contributed by atoms with Crippen LogP contribution >= 0.6 is 11.8 Å². The van der Waals surface area contributed by atoms with Crippen molar-refractivity contribution in [2.75, 3.05) is 12.4 Å². The molecule has 0 radical (unpaired) electrons. The third kappa shape index (κ3) is 5.28. The van der Waals surface area contributed by atoms with Crippen molar-refractivity contribution in [2.45, 2.75) is 65.1 Å². The molecule has 1 saturated carbocycles. The Morgan fingerprint density at radius 1 is 1.34 bits per heavy atom. The minimum absolute atomic E-state index is 0.0502. The Bertz CT molecular complexity index is 833. The standard InChI is InChI=1S/C23H32FN3OS/c1-4-17-10-11-18(14-17)19-8-6-7-9-21(19)25-23(29-13-12-28)20-15-27(5-2)26-22(20)16(3)24/h6-9,15-18,28H,4-5,10-14H2,1-3H3. The maximum absolute atomic E-state index is 14.3. The normalized spacial score (nSPS) is 20.9. The third-order valence-corrected chi connectivity index (χ3v) is 6.74. The van der Waals surface area contributed by atoms with E-state index in [1.54, 1.807) is 4.68 Å². The second-order valence-corrected chi connectivity index (χ2v) is 8.82. The summed E-state index contributed by atoms with van der Waals surface area (Å²) < 4.78 is 16.0. The van der Waals surface area contributed by atoms with Gasteiger partial charge in [-0.05, 0) is 56.6 Å². The van der Waals surface area contributed by atoms with Crippen LogP contribution in [0.2, 0.25) is 0 Å². The van der Waals surface area contributed by atoms with Crippen LogP contribution in [0.4, 0.5) is 10.1 Å². The minimum atomic E-state index is -1.17. The lowest BCUT2D eigenvalue weighted by Gasteiger charge is -2.15. The molecule has 29 heavy (non-hydrogen) atoms. The second kappa shape index (κ2) is 10.4. The minimum Gasteiger partial charge on any atom is -0.396 e. The SMILES string of the molecule is CCC1CCC(c2ccccc2N=C(SCCO)c2cn(CC)nc2C(C)F)C1. The van der Waals surface area contributed by atoms with Crippen LogP contribution < -0.4 is 0 Å². The maximum Gasteiger partial charge on any atom is 0.142 e. The number of hydrogen-bond donors (Lipinski definition) is 1. The summed E-state index contributed by atoms with van der Waals surface area (Å²) >= 11 is 1.46. The van der Waals surface area contributed by atoms with Gasteiger partial charge in [0.25, 0.3) is 0 Å². The Kier molecular flexibility index (Phi) is 7.90. The number of thioether (sulfide) groups is 1. The van der Waals surface area contributed by atoms with Gasteiger partial charge in [0.15, 0.2) is 0 Å². The Balaban J connectivity index is 2.02. The van der Waals surface area contributed by atoms with E-state index in [0.29, 0.717) is 23.9 Å². The molecule has 1 heterocycles. The van der Waals surface area contributed by atoms with Crippen molar-refractivity contribution in [3.63, 3.8) is 0 Å². The molecule has 0 bridgehead atoms. The number of aliphatic hydroxyl groups is 1. The summed E-state index contributed by atoms with van der Waals surface area (Å²) in [7, 11) is 0. The van der Waals surface area contributed by atoms with Crippen LogP contribution in [-0.4, -0.2) is 32.3 Å². The van der Waals surface area contributed by atoms with E-state index < -0.39 is 6.17 Å². The highest BCUT2D eigenvalue weighted by Gasteiger charge is 2.27. The number of rotatable bonds is 8. The molecule has 3 rings (SSSR count). The number of hydrogen-bond acceptors (Lipinski definition) is 4. The van der Waals surface area contributed by atoms with Crippen LogP contribution in [0.5, 0.6) is 0 Å². The van der Waals surface area contributed by atoms with Crippen LogP contribution in [0.3, 0.4) is 0 Å². The Morgan fingerprint density at radius 3 is 2.79 bits per heavy atom. The molecular formula is C23H32FN3OS. The Labute approximate surface area is 177 Å². The first-order valence-corrected chi connectivity index (χ1v) is 11.7. The maximum atomic E-state index is 14.3. The number of nitrogens with zero attached hydrogens (tertiary/aromatic N) is 3. The molecule has 3 atom stereocenters. The number of halogens is 1. The fraction of sp³-hybridized carbons (Fsp3) is 0.565. The molecule has 6 heteroatoms. The van der Waals surface area contributed by atoms with Gasteiger partial charge in [0.1, 0.15) is 16.9 Å². The molecule has 1 aromatic carbocycles. The molecule has 1 fully saturated rings. The van der Waals surface area contributed by atoms with Crippen LogP contribution in [0.25, 0.3) is 0 Å². The highest BCUT2D eigenvalue weighted by molar-refractivity contribution is 8.14. The molecule has 0 amide bonds. The molecule has 158 valence electrons. The molecule has 0 spiro atoms. The monoisotopic (exact) mass is 417 g/mol. The number of aliphatic imine (C=N–C) groups is 1. The average molecular weight is 418 g/mol. The van der Waals surface area contributed by atoms with Gasteiger partial charge in [0, 0.05) is 18.5 Å². The topological polar surface area (TPSA) is 50.4 Å². The zero-order valence-electron chi connectivity index (χ0n) is 17.6. The van der Waals surface area contributed by atoms with Gasteiger partial charge < -0.3 is 5.11 Å². The predicted molar refractivity (Wildman–Crippen MR) is 120 cm³/mol. The van der Waals surface area contributed by atoms with Crippen molar-refractivity contribution in [3.05, 3.63) is 47.3 Å². The zero-order chi connectivity index (χ0) is 20.8. The van der Waals surface area contributed by atoms with Gasteiger partial charge in [-0.3, -0.25) is 4.68 Å². The number of alkyl halides is 1.